The van der Waals surface area contributed by atoms with E-state index in [4.69, 9.17) is 0 Å². The van der Waals surface area contributed by atoms with Gasteiger partial charge in [0.2, 0.25) is 0 Å². The number of alkyl halides is 3. The number of hydrogen-bond donors (Lipinski definition) is 1. The monoisotopic (exact) mass is 430 g/mol. The Hall–Kier alpha value is -3.07. The highest BCUT2D eigenvalue weighted by atomic mass is 32.2. The van der Waals surface area contributed by atoms with Crippen LogP contribution >= 0.6 is 11.8 Å². The van der Waals surface area contributed by atoms with Crippen molar-refractivity contribution in [1.29, 1.82) is 0 Å². The molecular weight excluding hydrogens is 413 g/mol. The molecule has 0 saturated heterocycles. The number of aromatic amines is 1. The Labute approximate surface area is 174 Å². The number of H-pyrrole nitrogens is 1. The van der Waals surface area contributed by atoms with Gasteiger partial charge in [-0.2, -0.15) is 18.3 Å². The summed E-state index contributed by atoms with van der Waals surface area (Å²) in [5.41, 5.74) is 3.15. The summed E-state index contributed by atoms with van der Waals surface area (Å²) in [4.78, 5) is 19.7. The molecule has 0 saturated carbocycles. The molecule has 9 heteroatoms. The summed E-state index contributed by atoms with van der Waals surface area (Å²) < 4.78 is 39.7. The van der Waals surface area contributed by atoms with Crippen LogP contribution in [0.4, 0.5) is 13.2 Å². The van der Waals surface area contributed by atoms with Crippen LogP contribution < -0.4 is 5.56 Å². The maximum Gasteiger partial charge on any atom is 0.416 e. The van der Waals surface area contributed by atoms with E-state index in [2.05, 4.69) is 15.1 Å². The van der Waals surface area contributed by atoms with Crippen molar-refractivity contribution in [3.05, 3.63) is 81.3 Å². The second kappa shape index (κ2) is 7.64. The van der Waals surface area contributed by atoms with Gasteiger partial charge in [0.25, 0.3) is 5.56 Å². The molecule has 0 aliphatic rings. The van der Waals surface area contributed by atoms with Crippen LogP contribution in [0.25, 0.3) is 16.7 Å². The number of nitrogens with one attached hydrogen (secondary N) is 1. The average molecular weight is 430 g/mol. The van der Waals surface area contributed by atoms with Crippen molar-refractivity contribution in [1.82, 2.24) is 19.7 Å². The number of hydrogen-bond acceptors (Lipinski definition) is 4. The maximum atomic E-state index is 12.7. The first-order valence-electron chi connectivity index (χ1n) is 9.07. The Kier molecular flexibility index (Phi) is 5.15. The Balaban J connectivity index is 1.62. The van der Waals surface area contributed by atoms with Gasteiger partial charge in [-0.1, -0.05) is 30.0 Å². The predicted molar refractivity (Wildman–Crippen MR) is 110 cm³/mol. The molecule has 0 bridgehead atoms. The third kappa shape index (κ3) is 3.97. The van der Waals surface area contributed by atoms with Crippen molar-refractivity contribution >= 4 is 22.8 Å². The summed E-state index contributed by atoms with van der Waals surface area (Å²) in [6, 6.07) is 10.8. The van der Waals surface area contributed by atoms with Gasteiger partial charge in [-0.15, -0.1) is 0 Å². The molecule has 2 aromatic heterocycles. The third-order valence-electron chi connectivity index (χ3n) is 4.81. The number of aryl methyl sites for hydroxylation is 2. The fourth-order valence-electron chi connectivity index (χ4n) is 2.95. The summed E-state index contributed by atoms with van der Waals surface area (Å²) in [5, 5.41) is 5.05. The van der Waals surface area contributed by atoms with E-state index in [1.54, 1.807) is 4.68 Å². The molecule has 0 radical (unpaired) electrons. The van der Waals surface area contributed by atoms with Crippen LogP contribution in [0.1, 0.15) is 22.3 Å². The van der Waals surface area contributed by atoms with Gasteiger partial charge in [0.05, 0.1) is 17.4 Å². The van der Waals surface area contributed by atoms with Crippen LogP contribution in [0.15, 0.2) is 58.6 Å². The van der Waals surface area contributed by atoms with Gasteiger partial charge in [0, 0.05) is 5.75 Å². The van der Waals surface area contributed by atoms with Crippen LogP contribution in [-0.4, -0.2) is 19.7 Å². The van der Waals surface area contributed by atoms with Crippen LogP contribution in [-0.2, 0) is 11.9 Å². The van der Waals surface area contributed by atoms with Gasteiger partial charge < -0.3 is 4.98 Å². The largest absolute Gasteiger partial charge is 0.416 e. The van der Waals surface area contributed by atoms with E-state index in [0.717, 1.165) is 28.9 Å². The van der Waals surface area contributed by atoms with Gasteiger partial charge in [-0.05, 0) is 54.8 Å². The molecule has 2 aromatic carbocycles. The average Bonchev–Trinajstić information content (AvgIpc) is 3.13. The van der Waals surface area contributed by atoms with Crippen LogP contribution in [0.2, 0.25) is 0 Å². The zero-order valence-electron chi connectivity index (χ0n) is 16.1. The molecule has 2 heterocycles. The zero-order chi connectivity index (χ0) is 21.5. The Bertz CT molecular complexity index is 1280. The first kappa shape index (κ1) is 20.2. The van der Waals surface area contributed by atoms with Crippen molar-refractivity contribution in [3.8, 4) is 5.69 Å². The SMILES string of the molecule is Cc1ccc(-n2ncc3c(=O)[nH]c(SCc4ccc(C(F)(F)F)cc4)nc32)cc1C. The normalized spacial score (nSPS) is 11.9. The second-order valence-electron chi connectivity index (χ2n) is 6.92. The molecule has 1 N–H and O–H groups in total. The molecule has 0 atom stereocenters. The number of benzene rings is 2. The first-order valence-corrected chi connectivity index (χ1v) is 10.1. The maximum absolute atomic E-state index is 12.7. The minimum absolute atomic E-state index is 0.315. The standard InChI is InChI=1S/C21H17F3N4OS/c1-12-3-8-16(9-13(12)2)28-18-17(10-25-28)19(29)27-20(26-18)30-11-14-4-6-15(7-5-14)21(22,23)24/h3-10H,11H2,1-2H3,(H,26,27,29). The van der Waals surface area contributed by atoms with E-state index < -0.39 is 11.7 Å². The predicted octanol–water partition coefficient (Wildman–Crippen LogP) is 5.04. The Morgan fingerprint density at radius 3 is 2.47 bits per heavy atom. The molecular formula is C21H17F3N4OS. The Morgan fingerprint density at radius 2 is 1.80 bits per heavy atom. The van der Waals surface area contributed by atoms with E-state index in [9.17, 15) is 18.0 Å². The number of aromatic nitrogens is 4. The summed E-state index contributed by atoms with van der Waals surface area (Å²) in [6.07, 6.45) is -2.89. The molecule has 4 aromatic rings. The van der Waals surface area contributed by atoms with Crippen molar-refractivity contribution in [2.75, 3.05) is 0 Å². The zero-order valence-corrected chi connectivity index (χ0v) is 16.9. The summed E-state index contributed by atoms with van der Waals surface area (Å²) in [5.74, 6) is 0.365. The Morgan fingerprint density at radius 1 is 1.07 bits per heavy atom. The van der Waals surface area contributed by atoms with Gasteiger partial charge in [-0.25, -0.2) is 9.67 Å². The molecule has 0 aliphatic heterocycles. The number of rotatable bonds is 4. The lowest BCUT2D eigenvalue weighted by molar-refractivity contribution is -0.137. The third-order valence-corrected chi connectivity index (χ3v) is 5.75. The summed E-state index contributed by atoms with van der Waals surface area (Å²) in [7, 11) is 0. The number of halogens is 3. The van der Waals surface area contributed by atoms with E-state index in [-0.39, 0.29) is 5.56 Å². The van der Waals surface area contributed by atoms with Gasteiger partial charge in [0.1, 0.15) is 5.39 Å². The van der Waals surface area contributed by atoms with Gasteiger partial charge in [0.15, 0.2) is 10.8 Å². The molecule has 30 heavy (non-hydrogen) atoms. The highest BCUT2D eigenvalue weighted by molar-refractivity contribution is 7.98. The molecule has 0 unspecified atom stereocenters. The minimum atomic E-state index is -4.36. The van der Waals surface area contributed by atoms with Crippen molar-refractivity contribution in [3.63, 3.8) is 0 Å². The highest BCUT2D eigenvalue weighted by Gasteiger charge is 2.29. The molecule has 0 spiro atoms. The lowest BCUT2D eigenvalue weighted by Gasteiger charge is -2.08. The number of nitrogens with zero attached hydrogens (tertiary/aromatic N) is 3. The number of fused-ring (bicyclic) bond motifs is 1. The molecule has 0 fully saturated rings. The summed E-state index contributed by atoms with van der Waals surface area (Å²) in [6.45, 7) is 4.01. The molecule has 0 amide bonds. The smallest absolute Gasteiger partial charge is 0.301 e. The van der Waals surface area contributed by atoms with Crippen molar-refractivity contribution < 1.29 is 13.2 Å². The fourth-order valence-corrected chi connectivity index (χ4v) is 3.77. The number of thioether (sulfide) groups is 1. The van der Waals surface area contributed by atoms with E-state index in [0.29, 0.717) is 27.5 Å². The van der Waals surface area contributed by atoms with Gasteiger partial charge >= 0.3 is 6.18 Å². The quantitative estimate of drug-likeness (QED) is 0.364. The van der Waals surface area contributed by atoms with E-state index in [1.807, 2.05) is 32.0 Å². The lowest BCUT2D eigenvalue weighted by atomic mass is 10.1. The van der Waals surface area contributed by atoms with Crippen LogP contribution in [0.3, 0.4) is 0 Å². The lowest BCUT2D eigenvalue weighted by Crippen LogP contribution is -2.10. The topological polar surface area (TPSA) is 63.6 Å². The van der Waals surface area contributed by atoms with Crippen molar-refractivity contribution in [2.24, 2.45) is 0 Å². The first-order chi connectivity index (χ1) is 14.2. The molecule has 5 nitrogen and oxygen atoms in total. The van der Waals surface area contributed by atoms with Crippen LogP contribution in [0.5, 0.6) is 0 Å². The van der Waals surface area contributed by atoms with E-state index >= 15 is 0 Å². The van der Waals surface area contributed by atoms with Gasteiger partial charge in [-0.3, -0.25) is 4.79 Å². The molecule has 154 valence electrons. The molecule has 4 rings (SSSR count). The fraction of sp³-hybridized carbons (Fsp3) is 0.190. The minimum Gasteiger partial charge on any atom is -0.301 e. The highest BCUT2D eigenvalue weighted by Crippen LogP contribution is 2.30. The van der Waals surface area contributed by atoms with Crippen LogP contribution in [0, 0.1) is 13.8 Å². The van der Waals surface area contributed by atoms with Crippen molar-refractivity contribution in [2.45, 2.75) is 30.9 Å². The second-order valence-corrected chi connectivity index (χ2v) is 7.88. The molecule has 0 aliphatic carbocycles. The van der Waals surface area contributed by atoms with E-state index in [1.165, 1.54) is 30.1 Å². The summed E-state index contributed by atoms with van der Waals surface area (Å²) >= 11 is 1.24.